The van der Waals surface area contributed by atoms with Crippen LogP contribution in [0.15, 0.2) is 18.2 Å². The predicted octanol–water partition coefficient (Wildman–Crippen LogP) is 2.22. The highest BCUT2D eigenvalue weighted by atomic mass is 35.5. The van der Waals surface area contributed by atoms with E-state index in [2.05, 4.69) is 5.32 Å². The molecule has 1 fully saturated rings. The molecule has 0 saturated carbocycles. The van der Waals surface area contributed by atoms with Crippen molar-refractivity contribution in [3.63, 3.8) is 0 Å². The maximum absolute atomic E-state index is 12.7. The maximum Gasteiger partial charge on any atom is 0.250 e. The lowest BCUT2D eigenvalue weighted by Gasteiger charge is -2.39. The van der Waals surface area contributed by atoms with E-state index >= 15 is 0 Å². The predicted molar refractivity (Wildman–Crippen MR) is 81.7 cm³/mol. The van der Waals surface area contributed by atoms with Crippen LogP contribution >= 0.6 is 11.6 Å². The first kappa shape index (κ1) is 15.6. The molecule has 2 atom stereocenters. The number of nitrogens with one attached hydrogen (secondary N) is 1. The van der Waals surface area contributed by atoms with Gasteiger partial charge in [0.05, 0.1) is 12.8 Å². The first-order valence-corrected chi connectivity index (χ1v) is 7.21. The van der Waals surface area contributed by atoms with Crippen LogP contribution in [-0.2, 0) is 9.59 Å². The molecule has 0 bridgehead atoms. The molecule has 2 unspecified atom stereocenters. The number of hydrogen-bond acceptors (Lipinski definition) is 3. The number of methoxy groups -OCH3 is 1. The standard InChI is InChI=1S/C15H19ClN2O3/c1-8(2)13-15(20)18(9(3)14(19)17-13)11-7-10(16)5-6-12(11)21-4/h5-9,13H,1-4H3,(H,17,19). The Balaban J connectivity index is 2.51. The highest BCUT2D eigenvalue weighted by Gasteiger charge is 2.41. The van der Waals surface area contributed by atoms with Crippen molar-refractivity contribution in [1.82, 2.24) is 5.32 Å². The van der Waals surface area contributed by atoms with Crippen LogP contribution in [-0.4, -0.2) is 31.0 Å². The van der Waals surface area contributed by atoms with Crippen molar-refractivity contribution in [1.29, 1.82) is 0 Å². The molecule has 1 aliphatic rings. The van der Waals surface area contributed by atoms with E-state index in [0.717, 1.165) is 0 Å². The van der Waals surface area contributed by atoms with E-state index in [1.807, 2.05) is 13.8 Å². The summed E-state index contributed by atoms with van der Waals surface area (Å²) in [5.74, 6) is 0.173. The Morgan fingerprint density at radius 3 is 2.57 bits per heavy atom. The zero-order valence-corrected chi connectivity index (χ0v) is 13.3. The molecule has 1 N–H and O–H groups in total. The largest absolute Gasteiger partial charge is 0.495 e. The third-order valence-corrected chi connectivity index (χ3v) is 3.87. The van der Waals surface area contributed by atoms with Gasteiger partial charge >= 0.3 is 0 Å². The number of anilines is 1. The number of piperazine rings is 1. The van der Waals surface area contributed by atoms with Gasteiger partial charge in [-0.05, 0) is 31.0 Å². The minimum atomic E-state index is -0.611. The molecule has 0 radical (unpaired) electrons. The highest BCUT2D eigenvalue weighted by molar-refractivity contribution is 6.31. The second-order valence-corrected chi connectivity index (χ2v) is 5.87. The quantitative estimate of drug-likeness (QED) is 0.931. The number of amides is 2. The fraction of sp³-hybridized carbons (Fsp3) is 0.467. The van der Waals surface area contributed by atoms with Gasteiger partial charge < -0.3 is 10.1 Å². The molecule has 6 heteroatoms. The number of benzene rings is 1. The first-order valence-electron chi connectivity index (χ1n) is 6.83. The van der Waals surface area contributed by atoms with E-state index in [4.69, 9.17) is 16.3 Å². The summed E-state index contributed by atoms with van der Waals surface area (Å²) >= 11 is 6.03. The zero-order chi connectivity index (χ0) is 15.7. The van der Waals surface area contributed by atoms with Crippen molar-refractivity contribution in [3.05, 3.63) is 23.2 Å². The van der Waals surface area contributed by atoms with E-state index in [0.29, 0.717) is 16.5 Å². The van der Waals surface area contributed by atoms with Gasteiger partial charge in [0.15, 0.2) is 0 Å². The molecule has 1 aromatic rings. The Bertz CT molecular complexity index is 574. The molecule has 0 aliphatic carbocycles. The van der Waals surface area contributed by atoms with Crippen molar-refractivity contribution in [3.8, 4) is 5.75 Å². The summed E-state index contributed by atoms with van der Waals surface area (Å²) in [6, 6.07) is 3.86. The van der Waals surface area contributed by atoms with Crippen molar-refractivity contribution in [2.45, 2.75) is 32.9 Å². The second-order valence-electron chi connectivity index (χ2n) is 5.43. The third kappa shape index (κ3) is 2.83. The molecule has 1 heterocycles. The summed E-state index contributed by atoms with van der Waals surface area (Å²) < 4.78 is 5.30. The molecule has 21 heavy (non-hydrogen) atoms. The van der Waals surface area contributed by atoms with E-state index in [1.165, 1.54) is 12.0 Å². The van der Waals surface area contributed by atoms with Gasteiger partial charge in [-0.25, -0.2) is 0 Å². The Kier molecular flexibility index (Phi) is 4.42. The smallest absolute Gasteiger partial charge is 0.250 e. The summed E-state index contributed by atoms with van der Waals surface area (Å²) in [7, 11) is 1.52. The Morgan fingerprint density at radius 2 is 2.00 bits per heavy atom. The van der Waals surface area contributed by atoms with Crippen LogP contribution in [0.3, 0.4) is 0 Å². The van der Waals surface area contributed by atoms with Crippen LogP contribution in [0.5, 0.6) is 5.75 Å². The van der Waals surface area contributed by atoms with Crippen molar-refractivity contribution >= 4 is 29.1 Å². The van der Waals surface area contributed by atoms with Crippen LogP contribution in [0, 0.1) is 5.92 Å². The topological polar surface area (TPSA) is 58.6 Å². The molecular formula is C15H19ClN2O3. The number of ether oxygens (including phenoxy) is 1. The summed E-state index contributed by atoms with van der Waals surface area (Å²) in [6.45, 7) is 5.47. The summed E-state index contributed by atoms with van der Waals surface area (Å²) in [5, 5.41) is 3.25. The number of carbonyl (C=O) groups is 2. The van der Waals surface area contributed by atoms with Crippen molar-refractivity contribution < 1.29 is 14.3 Å². The van der Waals surface area contributed by atoms with Crippen molar-refractivity contribution in [2.75, 3.05) is 12.0 Å². The van der Waals surface area contributed by atoms with Crippen LogP contribution < -0.4 is 15.0 Å². The Morgan fingerprint density at radius 1 is 1.33 bits per heavy atom. The molecule has 5 nitrogen and oxygen atoms in total. The van der Waals surface area contributed by atoms with Gasteiger partial charge in [-0.3, -0.25) is 14.5 Å². The molecule has 114 valence electrons. The molecule has 2 amide bonds. The second kappa shape index (κ2) is 5.93. The van der Waals surface area contributed by atoms with Gasteiger partial charge in [-0.15, -0.1) is 0 Å². The first-order chi connectivity index (χ1) is 9.86. The summed E-state index contributed by atoms with van der Waals surface area (Å²) in [5.41, 5.74) is 0.517. The third-order valence-electron chi connectivity index (χ3n) is 3.64. The molecule has 0 spiro atoms. The van der Waals surface area contributed by atoms with Crippen LogP contribution in [0.2, 0.25) is 5.02 Å². The average Bonchev–Trinajstić information content (AvgIpc) is 2.43. The average molecular weight is 311 g/mol. The van der Waals surface area contributed by atoms with E-state index in [1.54, 1.807) is 25.1 Å². The van der Waals surface area contributed by atoms with Crippen molar-refractivity contribution in [2.24, 2.45) is 5.92 Å². The summed E-state index contributed by atoms with van der Waals surface area (Å²) in [6.07, 6.45) is 0. The van der Waals surface area contributed by atoms with E-state index in [9.17, 15) is 9.59 Å². The van der Waals surface area contributed by atoms with Gasteiger partial charge in [0.2, 0.25) is 5.91 Å². The van der Waals surface area contributed by atoms with E-state index < -0.39 is 12.1 Å². The minimum absolute atomic E-state index is 0.00151. The lowest BCUT2D eigenvalue weighted by Crippen LogP contribution is -2.64. The van der Waals surface area contributed by atoms with Gasteiger partial charge in [0, 0.05) is 5.02 Å². The lowest BCUT2D eigenvalue weighted by atomic mass is 9.97. The molecular weight excluding hydrogens is 292 g/mol. The monoisotopic (exact) mass is 310 g/mol. The maximum atomic E-state index is 12.7. The number of carbonyl (C=O) groups excluding carboxylic acids is 2. The normalized spacial score (nSPS) is 22.5. The summed E-state index contributed by atoms with van der Waals surface area (Å²) in [4.78, 5) is 26.3. The Labute approximate surface area is 129 Å². The highest BCUT2D eigenvalue weighted by Crippen LogP contribution is 2.34. The molecule has 1 aromatic carbocycles. The minimum Gasteiger partial charge on any atom is -0.495 e. The van der Waals surface area contributed by atoms with Gasteiger partial charge in [0.25, 0.3) is 5.91 Å². The van der Waals surface area contributed by atoms with E-state index in [-0.39, 0.29) is 17.7 Å². The van der Waals surface area contributed by atoms with Crippen LogP contribution in [0.1, 0.15) is 20.8 Å². The van der Waals surface area contributed by atoms with Gasteiger partial charge in [-0.2, -0.15) is 0 Å². The fourth-order valence-corrected chi connectivity index (χ4v) is 2.59. The van der Waals surface area contributed by atoms with Crippen LogP contribution in [0.25, 0.3) is 0 Å². The van der Waals surface area contributed by atoms with Gasteiger partial charge in [-0.1, -0.05) is 25.4 Å². The molecule has 2 rings (SSSR count). The lowest BCUT2D eigenvalue weighted by molar-refractivity contribution is -0.134. The molecule has 1 saturated heterocycles. The molecule has 1 aliphatic heterocycles. The number of hydrogen-bond donors (Lipinski definition) is 1. The number of halogens is 1. The fourth-order valence-electron chi connectivity index (χ4n) is 2.42. The number of rotatable bonds is 3. The number of nitrogens with zero attached hydrogens (tertiary/aromatic N) is 1. The zero-order valence-electron chi connectivity index (χ0n) is 12.5. The molecule has 0 aromatic heterocycles. The Hall–Kier alpha value is -1.75. The SMILES string of the molecule is COc1ccc(Cl)cc1N1C(=O)C(C(C)C)NC(=O)C1C. The van der Waals surface area contributed by atoms with Gasteiger partial charge in [0.1, 0.15) is 17.8 Å². The van der Waals surface area contributed by atoms with Crippen LogP contribution in [0.4, 0.5) is 5.69 Å².